The molecule has 27 heteroatoms. The van der Waals surface area contributed by atoms with Gasteiger partial charge in [0.25, 0.3) is 0 Å². The molecule has 25 nitrogen and oxygen atoms in total. The molecule has 2 saturated carbocycles. The molecule has 10 rings (SSSR count). The van der Waals surface area contributed by atoms with Crippen molar-refractivity contribution in [1.29, 1.82) is 0 Å². The number of fused-ring (bicyclic) bond motifs is 4. The molecule has 62 heavy (non-hydrogen) atoms. The third-order valence-electron chi connectivity index (χ3n) is 10.9. The number of rotatable bonds is 12. The van der Waals surface area contributed by atoms with Gasteiger partial charge in [0, 0.05) is 28.8 Å². The number of nitrogens with zero attached hydrogens (tertiary/aromatic N) is 12. The van der Waals surface area contributed by atoms with Gasteiger partial charge in [0.05, 0.1) is 48.5 Å². The van der Waals surface area contributed by atoms with Crippen LogP contribution in [-0.4, -0.2) is 117 Å². The Labute approximate surface area is 350 Å². The molecule has 2 aliphatic rings. The molecule has 6 heterocycles. The average molecular weight is 890 g/mol. The van der Waals surface area contributed by atoms with Gasteiger partial charge in [-0.3, -0.25) is 23.6 Å². The second kappa shape index (κ2) is 16.5. The summed E-state index contributed by atoms with van der Waals surface area (Å²) in [5.74, 6) is 0.735. The van der Waals surface area contributed by atoms with Crippen molar-refractivity contribution in [3.05, 3.63) is 73.4 Å². The smallest absolute Gasteiger partial charge is 0.333 e. The number of aliphatic hydroxyl groups is 2. The first-order valence-electron chi connectivity index (χ1n) is 19.1. The Morgan fingerprint density at radius 2 is 1.27 bits per heavy atom. The van der Waals surface area contributed by atoms with Crippen LogP contribution in [0.2, 0.25) is 0 Å². The maximum Gasteiger partial charge on any atom is 0.333 e. The molecule has 6 unspecified atom stereocenters. The molecular formula is C35H39N17O8S2. The lowest BCUT2D eigenvalue weighted by molar-refractivity contribution is 0.0997. The number of aliphatic hydroxyl groups excluding tert-OH is 2. The summed E-state index contributed by atoms with van der Waals surface area (Å²) in [6, 6.07) is 17.1. The third-order valence-corrected chi connectivity index (χ3v) is 11.8. The Balaban J connectivity index is 0.000000158. The van der Waals surface area contributed by atoms with Crippen molar-refractivity contribution in [2.75, 3.05) is 24.0 Å². The summed E-state index contributed by atoms with van der Waals surface area (Å²) in [4.78, 5) is 17.2. The van der Waals surface area contributed by atoms with E-state index in [0.29, 0.717) is 65.5 Å². The lowest BCUT2D eigenvalue weighted by Gasteiger charge is -2.12. The van der Waals surface area contributed by atoms with Gasteiger partial charge in [0.1, 0.15) is 12.7 Å². The van der Waals surface area contributed by atoms with Crippen LogP contribution in [0.3, 0.4) is 0 Å². The van der Waals surface area contributed by atoms with Crippen LogP contribution in [0.15, 0.2) is 73.4 Å². The zero-order valence-electron chi connectivity index (χ0n) is 32.3. The van der Waals surface area contributed by atoms with Crippen molar-refractivity contribution < 1.29 is 35.4 Å². The fourth-order valence-corrected chi connectivity index (χ4v) is 8.66. The molecule has 0 saturated heterocycles. The SMILES string of the molecule is NS(=O)(=O)OCC1CC(n2nnc3c(Nc4n[nH]c5ccccc45)ncnc32)CC1O.NS(=O)(=O)OCC1CC(n2nnc3c(Nn4ccc5ccccc54)ncnc32)CC1O. The Morgan fingerprint density at radius 1 is 0.710 bits per heavy atom. The lowest BCUT2D eigenvalue weighted by Crippen LogP contribution is -2.24. The summed E-state index contributed by atoms with van der Waals surface area (Å²) in [7, 11) is -8.13. The first-order chi connectivity index (χ1) is 29.8. The van der Waals surface area contributed by atoms with Crippen LogP contribution in [0.25, 0.3) is 44.1 Å². The molecule has 6 aromatic heterocycles. The van der Waals surface area contributed by atoms with Gasteiger partial charge in [-0.15, -0.1) is 10.2 Å². The predicted octanol–water partition coefficient (Wildman–Crippen LogP) is 0.957. The monoisotopic (exact) mass is 889 g/mol. The van der Waals surface area contributed by atoms with E-state index in [2.05, 4.69) is 69.9 Å². The standard InChI is InChI=1S/C18H20N8O4S.C17H19N9O4S/c19-31(28,29)30-9-12-7-13(8-15(12)27)26-18-16(22-24-26)17(20-10-21-18)23-25-6-5-11-3-1-2-4-14(11)25;18-31(28,29)30-7-9-5-10(6-13(9)27)26-17-14(23-25-26)16(19-8-20-17)21-15-11-3-1-2-4-12(11)22-24-15/h1-6,10,12-13,15,27H,7-9H2,(H2,19,28,29)(H,20,21,23);1-4,8-10,13,27H,5-7H2,(H2,18,28,29)(H2,19,20,21,22,24). The van der Waals surface area contributed by atoms with E-state index in [9.17, 15) is 27.0 Å². The lowest BCUT2D eigenvalue weighted by atomic mass is 10.1. The molecular weight excluding hydrogens is 851 g/mol. The van der Waals surface area contributed by atoms with E-state index in [1.165, 1.54) is 12.7 Å². The van der Waals surface area contributed by atoms with Crippen molar-refractivity contribution in [2.45, 2.75) is 50.0 Å². The fourth-order valence-electron chi connectivity index (χ4n) is 7.93. The number of nitrogens with one attached hydrogen (secondary N) is 3. The van der Waals surface area contributed by atoms with Crippen LogP contribution in [0.1, 0.15) is 37.8 Å². The quantitative estimate of drug-likeness (QED) is 0.0898. The molecule has 9 N–H and O–H groups in total. The molecule has 0 aliphatic heterocycles. The maximum atomic E-state index is 11.0. The van der Waals surface area contributed by atoms with E-state index >= 15 is 0 Å². The Morgan fingerprint density at radius 3 is 1.90 bits per heavy atom. The fraction of sp³-hybridized carbons (Fsp3) is 0.343. The Kier molecular flexibility index (Phi) is 10.9. The van der Waals surface area contributed by atoms with E-state index in [-0.39, 0.29) is 25.3 Å². The van der Waals surface area contributed by atoms with Gasteiger partial charge < -0.3 is 15.5 Å². The molecule has 0 bridgehead atoms. The van der Waals surface area contributed by atoms with Crippen molar-refractivity contribution >= 4 is 82.2 Å². The number of hydrogen-bond acceptors (Lipinski definition) is 19. The highest BCUT2D eigenvalue weighted by molar-refractivity contribution is 7.84. The first-order valence-corrected chi connectivity index (χ1v) is 22.1. The van der Waals surface area contributed by atoms with Crippen molar-refractivity contribution in [3.8, 4) is 0 Å². The molecule has 0 radical (unpaired) electrons. The molecule has 8 aromatic rings. The number of H-pyrrole nitrogens is 1. The number of benzene rings is 2. The van der Waals surface area contributed by atoms with Crippen LogP contribution in [0, 0.1) is 11.8 Å². The number of aromatic nitrogens is 13. The summed E-state index contributed by atoms with van der Waals surface area (Å²) in [5, 5.41) is 59.7. The first kappa shape index (κ1) is 41.0. The highest BCUT2D eigenvalue weighted by atomic mass is 32.2. The Bertz CT molecular complexity index is 2910. The Hall–Kier alpha value is -6.33. The average Bonchev–Trinajstić information content (AvgIpc) is 4.11. The van der Waals surface area contributed by atoms with E-state index in [1.54, 1.807) is 9.36 Å². The van der Waals surface area contributed by atoms with Gasteiger partial charge >= 0.3 is 20.6 Å². The summed E-state index contributed by atoms with van der Waals surface area (Å²) in [5.41, 5.74) is 7.03. The number of anilines is 3. The molecule has 2 aliphatic carbocycles. The number of para-hydroxylation sites is 2. The molecule has 0 spiro atoms. The van der Waals surface area contributed by atoms with Crippen LogP contribution in [0.4, 0.5) is 17.5 Å². The summed E-state index contributed by atoms with van der Waals surface area (Å²) >= 11 is 0. The van der Waals surface area contributed by atoms with Crippen molar-refractivity contribution in [1.82, 2.24) is 64.8 Å². The van der Waals surface area contributed by atoms with Crippen molar-refractivity contribution in [2.24, 2.45) is 22.1 Å². The highest BCUT2D eigenvalue weighted by Crippen LogP contribution is 2.38. The minimum absolute atomic E-state index is 0.189. The molecule has 0 amide bonds. The maximum absolute atomic E-state index is 11.0. The van der Waals surface area contributed by atoms with Gasteiger partial charge in [-0.05, 0) is 49.9 Å². The van der Waals surface area contributed by atoms with Gasteiger partial charge in [0.2, 0.25) is 0 Å². The van der Waals surface area contributed by atoms with Gasteiger partial charge in [-0.2, -0.15) is 21.9 Å². The number of aromatic amines is 1. The van der Waals surface area contributed by atoms with Crippen LogP contribution in [0.5, 0.6) is 0 Å². The highest BCUT2D eigenvalue weighted by Gasteiger charge is 2.38. The van der Waals surface area contributed by atoms with Crippen molar-refractivity contribution in [3.63, 3.8) is 0 Å². The topological polar surface area (TPSA) is 350 Å². The largest absolute Gasteiger partial charge is 0.393 e. The second-order valence-electron chi connectivity index (χ2n) is 14.9. The molecule has 324 valence electrons. The normalized spacial score (nSPS) is 21.8. The number of nitrogens with two attached hydrogens (primary N) is 2. The third kappa shape index (κ3) is 8.59. The van der Waals surface area contributed by atoms with E-state index in [1.807, 2.05) is 65.5 Å². The minimum atomic E-state index is -4.07. The van der Waals surface area contributed by atoms with Gasteiger partial charge in [0.15, 0.2) is 39.8 Å². The summed E-state index contributed by atoms with van der Waals surface area (Å²) in [6.45, 7) is -0.386. The van der Waals surface area contributed by atoms with Crippen LogP contribution in [-0.2, 0) is 29.0 Å². The summed E-state index contributed by atoms with van der Waals surface area (Å²) < 4.78 is 58.6. The summed E-state index contributed by atoms with van der Waals surface area (Å²) in [6.07, 6.45) is 4.80. The van der Waals surface area contributed by atoms with Gasteiger partial charge in [-0.1, -0.05) is 40.8 Å². The van der Waals surface area contributed by atoms with E-state index in [0.717, 1.165) is 21.8 Å². The molecule has 2 fully saturated rings. The van der Waals surface area contributed by atoms with Crippen LogP contribution >= 0.6 is 0 Å². The zero-order chi connectivity index (χ0) is 43.2. The zero-order valence-corrected chi connectivity index (χ0v) is 33.9. The van der Waals surface area contributed by atoms with E-state index in [4.69, 9.17) is 10.3 Å². The van der Waals surface area contributed by atoms with E-state index < -0.39 is 44.7 Å². The molecule has 6 atom stereocenters. The van der Waals surface area contributed by atoms with Crippen LogP contribution < -0.4 is 21.0 Å². The predicted molar refractivity (Wildman–Crippen MR) is 220 cm³/mol. The van der Waals surface area contributed by atoms with Gasteiger partial charge in [-0.25, -0.2) is 39.6 Å². The number of hydrogen-bond donors (Lipinski definition) is 7. The minimum Gasteiger partial charge on any atom is -0.393 e. The second-order valence-corrected chi connectivity index (χ2v) is 17.4. The molecule has 2 aromatic carbocycles.